The van der Waals surface area contributed by atoms with Gasteiger partial charge in [-0.1, -0.05) is 40.2 Å². The number of fused-ring (bicyclic) bond motifs is 1. The molecule has 3 N–H and O–H groups in total. The Morgan fingerprint density at radius 1 is 1.11 bits per heavy atom. The van der Waals surface area contributed by atoms with Gasteiger partial charge in [-0.2, -0.15) is 21.6 Å². The topological polar surface area (TPSA) is 192 Å². The van der Waals surface area contributed by atoms with E-state index in [0.29, 0.717) is 50.7 Å². The van der Waals surface area contributed by atoms with Crippen molar-refractivity contribution < 1.29 is 59.2 Å². The Kier molecular flexibility index (Phi) is 11.9. The van der Waals surface area contributed by atoms with E-state index in [4.69, 9.17) is 18.4 Å². The second-order valence-electron chi connectivity index (χ2n) is 16.4. The van der Waals surface area contributed by atoms with Crippen LogP contribution in [0.25, 0.3) is 10.8 Å². The van der Waals surface area contributed by atoms with Gasteiger partial charge in [0, 0.05) is 23.9 Å². The number of methoxy groups -OCH3 is 1. The van der Waals surface area contributed by atoms with E-state index in [-0.39, 0.29) is 25.3 Å². The van der Waals surface area contributed by atoms with E-state index in [0.717, 1.165) is 10.3 Å². The van der Waals surface area contributed by atoms with Gasteiger partial charge in [0.05, 0.1) is 19.3 Å². The average molecular weight is 826 g/mol. The van der Waals surface area contributed by atoms with Crippen LogP contribution in [-0.2, 0) is 33.6 Å². The van der Waals surface area contributed by atoms with Gasteiger partial charge in [-0.25, -0.2) is 18.7 Å². The van der Waals surface area contributed by atoms with Crippen molar-refractivity contribution >= 4 is 44.9 Å². The van der Waals surface area contributed by atoms with Gasteiger partial charge in [0.25, 0.3) is 5.91 Å². The van der Waals surface area contributed by atoms with Crippen molar-refractivity contribution in [2.45, 2.75) is 121 Å². The first-order valence-electron chi connectivity index (χ1n) is 18.6. The summed E-state index contributed by atoms with van der Waals surface area (Å²) < 4.78 is 90.4. The third-order valence-corrected chi connectivity index (χ3v) is 11.5. The van der Waals surface area contributed by atoms with Crippen LogP contribution in [0.5, 0.6) is 11.6 Å². The van der Waals surface area contributed by atoms with Gasteiger partial charge in [0.1, 0.15) is 29.5 Å². The normalized spacial score (nSPS) is 23.5. The maximum Gasteiger partial charge on any atom is 0.427 e. The van der Waals surface area contributed by atoms with Crippen LogP contribution in [0.3, 0.4) is 0 Å². The number of nitrogens with zero attached hydrogens (tertiary/aromatic N) is 2. The third kappa shape index (κ3) is 9.56. The molecule has 2 aliphatic carbocycles. The van der Waals surface area contributed by atoms with Crippen molar-refractivity contribution in [3.05, 3.63) is 43.1 Å². The molecule has 3 fully saturated rings. The molecule has 0 unspecified atom stereocenters. The number of rotatable bonds is 15. The number of hydrogen-bond donors (Lipinski definition) is 3. The summed E-state index contributed by atoms with van der Waals surface area (Å²) >= 11 is 0. The molecule has 314 valence electrons. The number of benzene rings is 1. The van der Waals surface area contributed by atoms with Crippen molar-refractivity contribution in [3.63, 3.8) is 0 Å². The van der Waals surface area contributed by atoms with Gasteiger partial charge in [-0.3, -0.25) is 14.4 Å². The number of carbonyl (C=O) groups is 4. The Morgan fingerprint density at radius 2 is 1.79 bits per heavy atom. The highest BCUT2D eigenvalue weighted by molar-refractivity contribution is 7.85. The molecule has 19 heteroatoms. The monoisotopic (exact) mass is 825 g/mol. The van der Waals surface area contributed by atoms with Crippen LogP contribution in [0.2, 0.25) is 0 Å². The first-order chi connectivity index (χ1) is 26.4. The zero-order valence-corrected chi connectivity index (χ0v) is 33.8. The molecule has 0 spiro atoms. The second-order valence-corrected chi connectivity index (χ2v) is 17.7. The molecular weight excluding hydrogens is 776 g/mol. The number of alkyl carbamates (subject to hydrolysis) is 1. The maximum absolute atomic E-state index is 14.5. The molecule has 2 saturated carbocycles. The van der Waals surface area contributed by atoms with Gasteiger partial charge in [0.15, 0.2) is 0 Å². The molecule has 5 rings (SSSR count). The molecule has 15 nitrogen and oxygen atoms in total. The molecule has 57 heavy (non-hydrogen) atoms. The van der Waals surface area contributed by atoms with Crippen LogP contribution in [0.4, 0.5) is 18.0 Å². The summed E-state index contributed by atoms with van der Waals surface area (Å²) in [5, 5.41) is 6.23. The average Bonchev–Trinajstić information content (AvgIpc) is 3.98. The highest BCUT2D eigenvalue weighted by atomic mass is 32.2. The van der Waals surface area contributed by atoms with Gasteiger partial charge >= 0.3 is 22.6 Å². The number of ether oxygens (including phenoxy) is 3. The lowest BCUT2D eigenvalue weighted by Gasteiger charge is -2.36. The summed E-state index contributed by atoms with van der Waals surface area (Å²) in [6.45, 7) is 11.3. The van der Waals surface area contributed by atoms with E-state index >= 15 is 0 Å². The van der Waals surface area contributed by atoms with Crippen molar-refractivity contribution in [1.29, 1.82) is 0 Å². The molecular formula is C38H50F3N5O10S. The predicted molar refractivity (Wildman–Crippen MR) is 200 cm³/mol. The van der Waals surface area contributed by atoms with Crippen LogP contribution < -0.4 is 24.8 Å². The van der Waals surface area contributed by atoms with E-state index in [1.165, 1.54) is 19.4 Å². The molecule has 1 aromatic carbocycles. The number of pyridine rings is 1. The number of amides is 4. The molecule has 2 heterocycles. The zero-order chi connectivity index (χ0) is 42.4. The lowest BCUT2D eigenvalue weighted by atomic mass is 9.85. The number of aromatic nitrogens is 1. The summed E-state index contributed by atoms with van der Waals surface area (Å²) in [5.74, 6) is -2.72. The molecule has 1 aromatic heterocycles. The first-order valence-corrected chi connectivity index (χ1v) is 20.0. The highest BCUT2D eigenvalue weighted by Crippen LogP contribution is 2.47. The smallest absolute Gasteiger partial charge is 0.427 e. The van der Waals surface area contributed by atoms with Crippen LogP contribution in [-0.4, -0.2) is 96.9 Å². The van der Waals surface area contributed by atoms with Crippen molar-refractivity contribution in [2.24, 2.45) is 11.3 Å². The third-order valence-electron chi connectivity index (χ3n) is 10.5. The van der Waals surface area contributed by atoms with Crippen LogP contribution in [0, 0.1) is 11.3 Å². The van der Waals surface area contributed by atoms with Gasteiger partial charge in [0.2, 0.25) is 23.3 Å². The minimum atomic E-state index is -4.93. The molecule has 2 aromatic rings. The fourth-order valence-corrected chi connectivity index (χ4v) is 8.07. The maximum atomic E-state index is 14.5. The lowest BCUT2D eigenvalue weighted by molar-refractivity contribution is -0.244. The SMILES string of the molecule is C=C[C@@H]1C[C@]1(NC(=O)[C@@H]1C[C@@H](Oc2nccc3cc(OC)ccc23)CN1C(=O)[C@@H](NC(=O)OC(C)(C)C(F)(F)F)C(C)(C)C)C(=O)NS(=O)(=O)OC1(CCC)CC1. The summed E-state index contributed by atoms with van der Waals surface area (Å²) in [4.78, 5) is 60.8. The number of hydrogen-bond acceptors (Lipinski definition) is 11. The molecule has 5 atom stereocenters. The lowest BCUT2D eigenvalue weighted by Crippen LogP contribution is -2.60. The fourth-order valence-electron chi connectivity index (χ4n) is 6.90. The van der Waals surface area contributed by atoms with E-state index in [9.17, 15) is 40.8 Å². The molecule has 4 amide bonds. The molecule has 3 aliphatic rings. The van der Waals surface area contributed by atoms with Crippen molar-refractivity contribution in [3.8, 4) is 11.6 Å². The summed E-state index contributed by atoms with van der Waals surface area (Å²) in [6.07, 6.45) is -2.48. The quantitative estimate of drug-likeness (QED) is 0.208. The summed E-state index contributed by atoms with van der Waals surface area (Å²) in [7, 11) is -3.07. The second kappa shape index (κ2) is 15.6. The molecule has 0 bridgehead atoms. The van der Waals surface area contributed by atoms with Crippen LogP contribution in [0.1, 0.15) is 80.1 Å². The Balaban J connectivity index is 1.43. The number of nitrogens with one attached hydrogen (secondary N) is 3. The number of carbonyl (C=O) groups excluding carboxylic acids is 4. The minimum Gasteiger partial charge on any atom is -0.497 e. The van der Waals surface area contributed by atoms with E-state index in [1.54, 1.807) is 45.0 Å². The van der Waals surface area contributed by atoms with Crippen LogP contribution >= 0.6 is 0 Å². The van der Waals surface area contributed by atoms with E-state index < -0.39 is 86.6 Å². The number of likely N-dealkylation sites (tertiary alicyclic amines) is 1. The van der Waals surface area contributed by atoms with Crippen molar-refractivity contribution in [1.82, 2.24) is 25.2 Å². The Morgan fingerprint density at radius 3 is 2.35 bits per heavy atom. The van der Waals surface area contributed by atoms with Gasteiger partial charge < -0.3 is 29.7 Å². The Hall–Kier alpha value is -4.65. The Labute approximate surface area is 329 Å². The van der Waals surface area contributed by atoms with Gasteiger partial charge in [-0.05, 0) is 74.6 Å². The largest absolute Gasteiger partial charge is 0.497 e. The standard InChI is InChI=1S/C38H50F3N5O10S/c1-9-14-36(15-16-36)56-57(51,52)45-32(49)37(20-23(37)10-2)44-29(47)27-19-25(54-30-26-12-11-24(53-8)18-22(26)13-17-42-30)21-46(27)31(48)28(34(3,4)5)43-33(50)55-35(6,7)38(39,40)41/h10-13,17-18,23,25,27-28H,2,9,14-16,19-21H2,1,3-8H3,(H,43,50)(H,44,47)(H,45,49)/t23-,25-,27+,28-,37-/m1/s1. The van der Waals surface area contributed by atoms with E-state index in [2.05, 4.69) is 22.2 Å². The summed E-state index contributed by atoms with van der Waals surface area (Å²) in [6, 6.07) is 4.02. The van der Waals surface area contributed by atoms with Gasteiger partial charge in [-0.15, -0.1) is 6.58 Å². The summed E-state index contributed by atoms with van der Waals surface area (Å²) in [5.41, 5.74) is -6.70. The Bertz CT molecular complexity index is 2020. The van der Waals surface area contributed by atoms with Crippen molar-refractivity contribution in [2.75, 3.05) is 13.7 Å². The minimum absolute atomic E-state index is 0.0132. The highest BCUT2D eigenvalue weighted by Gasteiger charge is 2.62. The van der Waals surface area contributed by atoms with E-state index in [1.807, 2.05) is 11.6 Å². The predicted octanol–water partition coefficient (Wildman–Crippen LogP) is 4.84. The number of alkyl halides is 3. The first kappa shape index (κ1) is 43.5. The molecule has 0 radical (unpaired) electrons. The molecule has 1 aliphatic heterocycles. The fraction of sp³-hybridized carbons (Fsp3) is 0.605. The number of halogens is 3. The molecule has 1 saturated heterocycles. The van der Waals surface area contributed by atoms with Crippen LogP contribution in [0.15, 0.2) is 43.1 Å². The zero-order valence-electron chi connectivity index (χ0n) is 32.9.